The Labute approximate surface area is 173 Å². The molecule has 0 aliphatic carbocycles. The smallest absolute Gasteiger partial charge is 0.329 e. The van der Waals surface area contributed by atoms with Crippen LogP contribution >= 0.6 is 0 Å². The van der Waals surface area contributed by atoms with E-state index in [0.29, 0.717) is 29.6 Å². The van der Waals surface area contributed by atoms with E-state index in [9.17, 15) is 19.2 Å². The van der Waals surface area contributed by atoms with Gasteiger partial charge in [0.15, 0.2) is 0 Å². The zero-order valence-corrected chi connectivity index (χ0v) is 16.9. The molecule has 2 N–H and O–H groups in total. The first-order chi connectivity index (χ1) is 14.4. The number of para-hydroxylation sites is 2. The fourth-order valence-corrected chi connectivity index (χ4v) is 3.25. The number of aromatic nitrogens is 2. The average molecular weight is 408 g/mol. The molecule has 1 atom stereocenters. The summed E-state index contributed by atoms with van der Waals surface area (Å²) < 4.78 is 0.870. The molecule has 1 unspecified atom stereocenters. The lowest BCUT2D eigenvalue weighted by Gasteiger charge is -2.28. The van der Waals surface area contributed by atoms with E-state index in [-0.39, 0.29) is 5.91 Å². The van der Waals surface area contributed by atoms with E-state index in [1.54, 1.807) is 55.5 Å². The van der Waals surface area contributed by atoms with Gasteiger partial charge in [0.25, 0.3) is 5.56 Å². The van der Waals surface area contributed by atoms with Gasteiger partial charge in [-0.15, -0.1) is 0 Å². The van der Waals surface area contributed by atoms with Gasteiger partial charge < -0.3 is 15.2 Å². The highest BCUT2D eigenvalue weighted by atomic mass is 16.2. The van der Waals surface area contributed by atoms with Gasteiger partial charge in [0.1, 0.15) is 12.6 Å². The van der Waals surface area contributed by atoms with Gasteiger partial charge in [0.2, 0.25) is 11.8 Å². The lowest BCUT2D eigenvalue weighted by Crippen LogP contribution is -2.49. The summed E-state index contributed by atoms with van der Waals surface area (Å²) in [5.74, 6) is -0.821. The molecule has 3 aromatic rings. The Morgan fingerprint density at radius 1 is 1.07 bits per heavy atom. The van der Waals surface area contributed by atoms with Crippen LogP contribution in [0.15, 0.2) is 64.2 Å². The van der Waals surface area contributed by atoms with Crippen molar-refractivity contribution in [2.45, 2.75) is 32.9 Å². The number of anilines is 1. The van der Waals surface area contributed by atoms with Crippen LogP contribution in [0.3, 0.4) is 0 Å². The second-order valence-electron chi connectivity index (χ2n) is 6.99. The number of hydrogen-bond acceptors (Lipinski definition) is 4. The van der Waals surface area contributed by atoms with E-state index in [2.05, 4.69) is 10.3 Å². The van der Waals surface area contributed by atoms with E-state index in [1.807, 2.05) is 13.0 Å². The van der Waals surface area contributed by atoms with E-state index in [4.69, 9.17) is 0 Å². The molecule has 2 amide bonds. The fraction of sp³-hybridized carbons (Fsp3) is 0.273. The van der Waals surface area contributed by atoms with E-state index in [0.717, 1.165) is 4.57 Å². The minimum atomic E-state index is -0.770. The number of carbonyl (C=O) groups is 2. The topological polar surface area (TPSA) is 104 Å². The van der Waals surface area contributed by atoms with Crippen LogP contribution in [0.2, 0.25) is 0 Å². The highest BCUT2D eigenvalue weighted by Gasteiger charge is 2.26. The number of fused-ring (bicyclic) bond motifs is 1. The summed E-state index contributed by atoms with van der Waals surface area (Å²) in [7, 11) is 0. The number of nitrogens with one attached hydrogen (secondary N) is 2. The Morgan fingerprint density at radius 3 is 2.43 bits per heavy atom. The number of H-pyrrole nitrogens is 1. The first kappa shape index (κ1) is 21.0. The van der Waals surface area contributed by atoms with Crippen LogP contribution in [0, 0.1) is 0 Å². The predicted octanol–water partition coefficient (Wildman–Crippen LogP) is 1.96. The zero-order valence-electron chi connectivity index (χ0n) is 16.9. The van der Waals surface area contributed by atoms with Gasteiger partial charge in [-0.05, 0) is 37.6 Å². The molecule has 0 saturated carbocycles. The van der Waals surface area contributed by atoms with Crippen molar-refractivity contribution < 1.29 is 9.59 Å². The van der Waals surface area contributed by atoms with Crippen molar-refractivity contribution in [3.8, 4) is 0 Å². The molecular formula is C22H24N4O4. The van der Waals surface area contributed by atoms with Gasteiger partial charge in [-0.3, -0.25) is 19.0 Å². The maximum Gasteiger partial charge on any atom is 0.329 e. The van der Waals surface area contributed by atoms with Crippen molar-refractivity contribution in [2.75, 3.05) is 11.9 Å². The molecule has 0 fully saturated rings. The number of amides is 2. The molecule has 1 aromatic heterocycles. The third-order valence-corrected chi connectivity index (χ3v) is 4.86. The molecule has 0 spiro atoms. The molecule has 0 saturated heterocycles. The number of benzene rings is 2. The summed E-state index contributed by atoms with van der Waals surface area (Å²) >= 11 is 0. The molecule has 8 nitrogen and oxygen atoms in total. The highest BCUT2D eigenvalue weighted by Crippen LogP contribution is 2.10. The molecule has 0 bridgehead atoms. The fourth-order valence-electron chi connectivity index (χ4n) is 3.25. The van der Waals surface area contributed by atoms with Crippen LogP contribution in [-0.4, -0.2) is 38.9 Å². The number of aromatic amines is 1. The van der Waals surface area contributed by atoms with Crippen LogP contribution in [-0.2, 0) is 16.1 Å². The Kier molecular flexibility index (Phi) is 6.46. The quantitative estimate of drug-likeness (QED) is 0.623. The monoisotopic (exact) mass is 408 g/mol. The second-order valence-corrected chi connectivity index (χ2v) is 6.99. The maximum absolute atomic E-state index is 13.0. The van der Waals surface area contributed by atoms with Gasteiger partial charge in [0.05, 0.1) is 10.9 Å². The predicted molar refractivity (Wildman–Crippen MR) is 115 cm³/mol. The van der Waals surface area contributed by atoms with Crippen LogP contribution in [0.25, 0.3) is 10.9 Å². The van der Waals surface area contributed by atoms with Gasteiger partial charge >= 0.3 is 5.69 Å². The van der Waals surface area contributed by atoms with Gasteiger partial charge in [-0.2, -0.15) is 0 Å². The molecular weight excluding hydrogens is 384 g/mol. The minimum Gasteiger partial charge on any atom is -0.329 e. The Balaban J connectivity index is 1.84. The molecule has 156 valence electrons. The first-order valence-electron chi connectivity index (χ1n) is 9.79. The summed E-state index contributed by atoms with van der Waals surface area (Å²) in [6.07, 6.45) is 0.623. The largest absolute Gasteiger partial charge is 0.329 e. The molecule has 2 aromatic carbocycles. The number of nitrogens with zero attached hydrogens (tertiary/aromatic N) is 2. The molecule has 0 aliphatic heterocycles. The summed E-state index contributed by atoms with van der Waals surface area (Å²) in [5.41, 5.74) is -0.164. The van der Waals surface area contributed by atoms with Crippen LogP contribution in [0.4, 0.5) is 5.69 Å². The summed E-state index contributed by atoms with van der Waals surface area (Å²) in [5, 5.41) is 3.10. The van der Waals surface area contributed by atoms with Gasteiger partial charge in [0, 0.05) is 12.2 Å². The van der Waals surface area contributed by atoms with Crippen molar-refractivity contribution in [3.05, 3.63) is 75.4 Å². The molecule has 1 heterocycles. The van der Waals surface area contributed by atoms with Crippen molar-refractivity contribution in [3.63, 3.8) is 0 Å². The van der Waals surface area contributed by atoms with Gasteiger partial charge in [-0.25, -0.2) is 4.79 Å². The molecule has 8 heteroatoms. The van der Waals surface area contributed by atoms with Crippen LogP contribution < -0.4 is 16.6 Å². The standard InChI is InChI=1S/C22H24N4O4/c1-3-13-25(15(2)20(28)23-16-9-5-4-6-10-16)19(27)14-26-21(29)17-11-7-8-12-18(17)24-22(26)30/h4-12,15H,3,13-14H2,1-2H3,(H,23,28)(H,24,30). The SMILES string of the molecule is CCCN(C(=O)Cn1c(=O)[nH]c2ccccc2c1=O)C(C)C(=O)Nc1ccccc1. The van der Waals surface area contributed by atoms with Crippen molar-refractivity contribution in [1.29, 1.82) is 0 Å². The molecule has 3 rings (SSSR count). The maximum atomic E-state index is 13.0. The van der Waals surface area contributed by atoms with Crippen molar-refractivity contribution >= 4 is 28.4 Å². The Morgan fingerprint density at radius 2 is 1.73 bits per heavy atom. The Hall–Kier alpha value is -3.68. The second kappa shape index (κ2) is 9.21. The average Bonchev–Trinajstić information content (AvgIpc) is 2.75. The van der Waals surface area contributed by atoms with Gasteiger partial charge in [-0.1, -0.05) is 37.3 Å². The number of carbonyl (C=O) groups excluding carboxylic acids is 2. The lowest BCUT2D eigenvalue weighted by molar-refractivity contribution is -0.138. The number of hydrogen-bond donors (Lipinski definition) is 2. The van der Waals surface area contributed by atoms with Crippen LogP contribution in [0.1, 0.15) is 20.3 Å². The van der Waals surface area contributed by atoms with E-state index in [1.165, 1.54) is 4.90 Å². The van der Waals surface area contributed by atoms with E-state index >= 15 is 0 Å². The molecule has 30 heavy (non-hydrogen) atoms. The molecule has 0 radical (unpaired) electrons. The highest BCUT2D eigenvalue weighted by molar-refractivity contribution is 5.96. The number of rotatable bonds is 7. The first-order valence-corrected chi connectivity index (χ1v) is 9.79. The van der Waals surface area contributed by atoms with E-state index < -0.39 is 29.7 Å². The zero-order chi connectivity index (χ0) is 21.7. The van der Waals surface area contributed by atoms with Crippen molar-refractivity contribution in [2.24, 2.45) is 0 Å². The third-order valence-electron chi connectivity index (χ3n) is 4.86. The Bertz CT molecular complexity index is 1170. The van der Waals surface area contributed by atoms with Crippen molar-refractivity contribution in [1.82, 2.24) is 14.5 Å². The third kappa shape index (κ3) is 4.48. The van der Waals surface area contributed by atoms with Crippen LogP contribution in [0.5, 0.6) is 0 Å². The normalized spacial score (nSPS) is 11.8. The summed E-state index contributed by atoms with van der Waals surface area (Å²) in [6.45, 7) is 3.39. The molecule has 0 aliphatic rings. The lowest BCUT2D eigenvalue weighted by atomic mass is 10.2. The summed E-state index contributed by atoms with van der Waals surface area (Å²) in [4.78, 5) is 54.7. The summed E-state index contributed by atoms with van der Waals surface area (Å²) in [6, 6.07) is 14.8. The minimum absolute atomic E-state index is 0.321.